The third-order valence-corrected chi connectivity index (χ3v) is 3.84. The number of aromatic nitrogens is 2. The second kappa shape index (κ2) is 4.43. The molecule has 2 N–H and O–H groups in total. The molecule has 0 saturated heterocycles. The van der Waals surface area contributed by atoms with Crippen LogP contribution in [-0.2, 0) is 19.5 Å². The summed E-state index contributed by atoms with van der Waals surface area (Å²) in [5.74, 6) is 0. The molecule has 0 radical (unpaired) electrons. The molecular formula is C12H14N4S. The SMILES string of the molecule is Nc1nnc(CCN2Cc3ccccc3C2)s1. The molecule has 5 heteroatoms. The molecule has 0 fully saturated rings. The summed E-state index contributed by atoms with van der Waals surface area (Å²) in [6.45, 7) is 3.11. The van der Waals surface area contributed by atoms with E-state index in [2.05, 4.69) is 39.4 Å². The van der Waals surface area contributed by atoms with Crippen molar-refractivity contribution in [1.29, 1.82) is 0 Å². The number of anilines is 1. The smallest absolute Gasteiger partial charge is 0.203 e. The fourth-order valence-corrected chi connectivity index (χ4v) is 2.78. The second-order valence-corrected chi connectivity index (χ2v) is 5.36. The van der Waals surface area contributed by atoms with Crippen molar-refractivity contribution >= 4 is 16.5 Å². The minimum absolute atomic E-state index is 0.560. The molecule has 0 amide bonds. The van der Waals surface area contributed by atoms with Crippen LogP contribution in [0.2, 0.25) is 0 Å². The van der Waals surface area contributed by atoms with Gasteiger partial charge in [0, 0.05) is 26.1 Å². The van der Waals surface area contributed by atoms with Crippen molar-refractivity contribution in [2.75, 3.05) is 12.3 Å². The van der Waals surface area contributed by atoms with Gasteiger partial charge in [-0.3, -0.25) is 4.90 Å². The summed E-state index contributed by atoms with van der Waals surface area (Å²) in [5, 5.41) is 9.46. The fourth-order valence-electron chi connectivity index (χ4n) is 2.18. The first-order valence-corrected chi connectivity index (χ1v) is 6.50. The molecule has 0 bridgehead atoms. The summed E-state index contributed by atoms with van der Waals surface area (Å²) in [6, 6.07) is 8.62. The highest BCUT2D eigenvalue weighted by atomic mass is 32.1. The van der Waals surface area contributed by atoms with Crippen molar-refractivity contribution in [3.8, 4) is 0 Å². The Balaban J connectivity index is 1.59. The van der Waals surface area contributed by atoms with Gasteiger partial charge < -0.3 is 5.73 Å². The van der Waals surface area contributed by atoms with Gasteiger partial charge in [-0.25, -0.2) is 0 Å². The molecule has 1 aliphatic heterocycles. The standard InChI is InChI=1S/C12H14N4S/c13-12-15-14-11(17-12)5-6-16-7-9-3-1-2-4-10(9)8-16/h1-4H,5-8H2,(H2,13,15). The van der Waals surface area contributed by atoms with Gasteiger partial charge in [-0.2, -0.15) is 0 Å². The van der Waals surface area contributed by atoms with E-state index in [1.54, 1.807) is 0 Å². The largest absolute Gasteiger partial charge is 0.374 e. The Bertz CT molecular complexity index is 498. The minimum atomic E-state index is 0.560. The lowest BCUT2D eigenvalue weighted by atomic mass is 10.1. The summed E-state index contributed by atoms with van der Waals surface area (Å²) < 4.78 is 0. The lowest BCUT2D eigenvalue weighted by molar-refractivity contribution is 0.288. The van der Waals surface area contributed by atoms with Crippen LogP contribution in [0, 0.1) is 0 Å². The van der Waals surface area contributed by atoms with Crippen LogP contribution >= 0.6 is 11.3 Å². The zero-order valence-corrected chi connectivity index (χ0v) is 10.3. The number of nitrogens with two attached hydrogens (primary N) is 1. The first-order chi connectivity index (χ1) is 8.31. The van der Waals surface area contributed by atoms with Crippen LogP contribution in [0.15, 0.2) is 24.3 Å². The highest BCUT2D eigenvalue weighted by Gasteiger charge is 2.17. The number of nitrogens with zero attached hydrogens (tertiary/aromatic N) is 3. The van der Waals surface area contributed by atoms with Crippen LogP contribution in [0.5, 0.6) is 0 Å². The molecule has 0 aliphatic carbocycles. The maximum atomic E-state index is 5.56. The van der Waals surface area contributed by atoms with E-state index in [-0.39, 0.29) is 0 Å². The molecule has 1 aromatic carbocycles. The van der Waals surface area contributed by atoms with Crippen LogP contribution in [0.1, 0.15) is 16.1 Å². The van der Waals surface area contributed by atoms with E-state index in [1.165, 1.54) is 22.5 Å². The third-order valence-electron chi connectivity index (χ3n) is 3.03. The minimum Gasteiger partial charge on any atom is -0.374 e. The Labute approximate surface area is 104 Å². The summed E-state index contributed by atoms with van der Waals surface area (Å²) >= 11 is 1.48. The predicted octanol–water partition coefficient (Wildman–Crippen LogP) is 1.68. The van der Waals surface area contributed by atoms with Crippen LogP contribution in [0.25, 0.3) is 0 Å². The average molecular weight is 246 g/mol. The van der Waals surface area contributed by atoms with Crippen LogP contribution < -0.4 is 5.73 Å². The first kappa shape index (κ1) is 10.7. The molecule has 1 aromatic heterocycles. The van der Waals surface area contributed by atoms with Gasteiger partial charge in [0.25, 0.3) is 0 Å². The van der Waals surface area contributed by atoms with Crippen LogP contribution in [-0.4, -0.2) is 21.6 Å². The molecular weight excluding hydrogens is 232 g/mol. The average Bonchev–Trinajstić information content (AvgIpc) is 2.91. The lowest BCUT2D eigenvalue weighted by Gasteiger charge is -2.12. The topological polar surface area (TPSA) is 55.0 Å². The van der Waals surface area contributed by atoms with Crippen molar-refractivity contribution in [2.45, 2.75) is 19.5 Å². The molecule has 2 heterocycles. The van der Waals surface area contributed by atoms with Crippen molar-refractivity contribution in [3.05, 3.63) is 40.4 Å². The molecule has 4 nitrogen and oxygen atoms in total. The summed E-state index contributed by atoms with van der Waals surface area (Å²) in [5.41, 5.74) is 8.46. The van der Waals surface area contributed by atoms with Crippen molar-refractivity contribution in [3.63, 3.8) is 0 Å². The number of hydrogen-bond donors (Lipinski definition) is 1. The van der Waals surface area contributed by atoms with E-state index >= 15 is 0 Å². The number of nitrogen functional groups attached to an aromatic ring is 1. The van der Waals surface area contributed by atoms with Gasteiger partial charge in [0.1, 0.15) is 5.01 Å². The van der Waals surface area contributed by atoms with E-state index in [9.17, 15) is 0 Å². The Morgan fingerprint density at radius 3 is 2.47 bits per heavy atom. The monoisotopic (exact) mass is 246 g/mol. The number of fused-ring (bicyclic) bond motifs is 1. The van der Waals surface area contributed by atoms with Crippen molar-refractivity contribution in [2.24, 2.45) is 0 Å². The Hall–Kier alpha value is -1.46. The zero-order chi connectivity index (χ0) is 11.7. The maximum absolute atomic E-state index is 5.56. The van der Waals surface area contributed by atoms with Crippen LogP contribution in [0.3, 0.4) is 0 Å². The molecule has 3 rings (SSSR count). The number of benzene rings is 1. The predicted molar refractivity (Wildman–Crippen MR) is 68.6 cm³/mol. The molecule has 0 saturated carbocycles. The van der Waals surface area contributed by atoms with Crippen molar-refractivity contribution in [1.82, 2.24) is 15.1 Å². The highest BCUT2D eigenvalue weighted by Crippen LogP contribution is 2.22. The molecule has 0 atom stereocenters. The number of rotatable bonds is 3. The van der Waals surface area contributed by atoms with Gasteiger partial charge in [-0.15, -0.1) is 10.2 Å². The molecule has 1 aliphatic rings. The fraction of sp³-hybridized carbons (Fsp3) is 0.333. The van der Waals surface area contributed by atoms with E-state index < -0.39 is 0 Å². The normalized spacial score (nSPS) is 15.1. The summed E-state index contributed by atoms with van der Waals surface area (Å²) in [7, 11) is 0. The quantitative estimate of drug-likeness (QED) is 0.895. The summed E-state index contributed by atoms with van der Waals surface area (Å²) in [4.78, 5) is 2.43. The summed E-state index contributed by atoms with van der Waals surface area (Å²) in [6.07, 6.45) is 0.933. The van der Waals surface area contributed by atoms with Gasteiger partial charge in [0.15, 0.2) is 0 Å². The molecule has 17 heavy (non-hydrogen) atoms. The van der Waals surface area contributed by atoms with Gasteiger partial charge >= 0.3 is 0 Å². The molecule has 2 aromatic rings. The van der Waals surface area contributed by atoms with Crippen molar-refractivity contribution < 1.29 is 0 Å². The zero-order valence-electron chi connectivity index (χ0n) is 9.47. The Morgan fingerprint density at radius 2 is 1.88 bits per heavy atom. The van der Waals surface area contributed by atoms with Gasteiger partial charge in [0.05, 0.1) is 0 Å². The lowest BCUT2D eigenvalue weighted by Crippen LogP contribution is -2.19. The third kappa shape index (κ3) is 2.30. The van der Waals surface area contributed by atoms with E-state index in [0.29, 0.717) is 5.13 Å². The molecule has 0 unspecified atom stereocenters. The second-order valence-electron chi connectivity index (χ2n) is 4.26. The number of hydrogen-bond acceptors (Lipinski definition) is 5. The Kier molecular flexibility index (Phi) is 2.78. The maximum Gasteiger partial charge on any atom is 0.203 e. The molecule has 0 spiro atoms. The van der Waals surface area contributed by atoms with E-state index in [0.717, 1.165) is 31.1 Å². The van der Waals surface area contributed by atoms with Gasteiger partial charge in [-0.1, -0.05) is 35.6 Å². The highest BCUT2D eigenvalue weighted by molar-refractivity contribution is 7.15. The van der Waals surface area contributed by atoms with Crippen LogP contribution in [0.4, 0.5) is 5.13 Å². The first-order valence-electron chi connectivity index (χ1n) is 5.68. The van der Waals surface area contributed by atoms with Gasteiger partial charge in [0.2, 0.25) is 5.13 Å². The van der Waals surface area contributed by atoms with E-state index in [1.807, 2.05) is 0 Å². The Morgan fingerprint density at radius 1 is 1.18 bits per heavy atom. The van der Waals surface area contributed by atoms with E-state index in [4.69, 9.17) is 5.73 Å². The molecule has 88 valence electrons. The van der Waals surface area contributed by atoms with Gasteiger partial charge in [-0.05, 0) is 11.1 Å².